The van der Waals surface area contributed by atoms with Crippen molar-refractivity contribution < 1.29 is 13.9 Å². The van der Waals surface area contributed by atoms with Crippen molar-refractivity contribution in [3.05, 3.63) is 65.5 Å². The van der Waals surface area contributed by atoms with Crippen LogP contribution in [0.25, 0.3) is 0 Å². The van der Waals surface area contributed by atoms with Gasteiger partial charge >= 0.3 is 0 Å². The number of amides is 1. The minimum atomic E-state index is -0.280. The lowest BCUT2D eigenvalue weighted by Gasteiger charge is -2.30. The molecule has 24 heavy (non-hydrogen) atoms. The number of ether oxygens (including phenoxy) is 1. The molecule has 2 aromatic carbocycles. The molecule has 0 unspecified atom stereocenters. The van der Waals surface area contributed by atoms with Crippen LogP contribution in [-0.4, -0.2) is 29.9 Å². The van der Waals surface area contributed by atoms with Gasteiger partial charge in [-0.15, -0.1) is 0 Å². The zero-order valence-electron chi connectivity index (χ0n) is 13.5. The van der Waals surface area contributed by atoms with Crippen LogP contribution in [0.4, 0.5) is 4.39 Å². The molecule has 0 atom stereocenters. The second kappa shape index (κ2) is 7.45. The summed E-state index contributed by atoms with van der Waals surface area (Å²) in [6.45, 7) is 1.63. The Hall–Kier alpha value is -2.40. The van der Waals surface area contributed by atoms with Crippen molar-refractivity contribution in [3.8, 4) is 5.75 Å². The molecule has 1 amide bonds. The molecule has 0 aromatic heterocycles. The van der Waals surface area contributed by atoms with Crippen LogP contribution in [-0.2, 0) is 6.61 Å². The van der Waals surface area contributed by atoms with Gasteiger partial charge in [0.2, 0.25) is 0 Å². The number of nitrogens with zero attached hydrogens (tertiary/aromatic N) is 1. The van der Waals surface area contributed by atoms with E-state index >= 15 is 0 Å². The predicted molar refractivity (Wildman–Crippen MR) is 90.3 cm³/mol. The first-order valence-electron chi connectivity index (χ1n) is 8.14. The molecule has 1 fully saturated rings. The van der Waals surface area contributed by atoms with Crippen LogP contribution in [0.15, 0.2) is 48.5 Å². The molecule has 2 aromatic rings. The summed E-state index contributed by atoms with van der Waals surface area (Å²) >= 11 is 0. The van der Waals surface area contributed by atoms with Crippen molar-refractivity contribution in [1.29, 1.82) is 0 Å². The van der Waals surface area contributed by atoms with Crippen molar-refractivity contribution in [2.24, 2.45) is 5.73 Å². The fourth-order valence-electron chi connectivity index (χ4n) is 2.78. The highest BCUT2D eigenvalue weighted by molar-refractivity contribution is 5.97. The first kappa shape index (κ1) is 16.5. The average molecular weight is 328 g/mol. The number of likely N-dealkylation sites (tertiary alicyclic amines) is 1. The molecule has 3 rings (SSSR count). The summed E-state index contributed by atoms with van der Waals surface area (Å²) in [7, 11) is 0. The summed E-state index contributed by atoms with van der Waals surface area (Å²) in [6, 6.07) is 13.5. The Morgan fingerprint density at radius 1 is 1.12 bits per heavy atom. The van der Waals surface area contributed by atoms with E-state index in [0.717, 1.165) is 18.4 Å². The largest absolute Gasteiger partial charge is 0.488 e. The Morgan fingerprint density at radius 2 is 1.79 bits per heavy atom. The van der Waals surface area contributed by atoms with E-state index in [1.807, 2.05) is 17.0 Å². The second-order valence-electron chi connectivity index (χ2n) is 6.04. The van der Waals surface area contributed by atoms with Crippen molar-refractivity contribution in [3.63, 3.8) is 0 Å². The summed E-state index contributed by atoms with van der Waals surface area (Å²) in [5.41, 5.74) is 7.30. The first-order valence-corrected chi connectivity index (χ1v) is 8.14. The van der Waals surface area contributed by atoms with Crippen molar-refractivity contribution in [1.82, 2.24) is 4.90 Å². The first-order chi connectivity index (χ1) is 11.6. The van der Waals surface area contributed by atoms with E-state index in [-0.39, 0.29) is 24.4 Å². The quantitative estimate of drug-likeness (QED) is 0.939. The maximum absolute atomic E-state index is 13.0. The number of benzene rings is 2. The van der Waals surface area contributed by atoms with Gasteiger partial charge < -0.3 is 15.4 Å². The Bertz CT molecular complexity index is 695. The third-order valence-corrected chi connectivity index (χ3v) is 4.25. The number of hydrogen-bond acceptors (Lipinski definition) is 3. The molecule has 0 radical (unpaired) electrons. The van der Waals surface area contributed by atoms with E-state index in [1.54, 1.807) is 24.3 Å². The highest BCUT2D eigenvalue weighted by atomic mass is 19.1. The smallest absolute Gasteiger partial charge is 0.257 e. The lowest BCUT2D eigenvalue weighted by molar-refractivity contribution is 0.0710. The van der Waals surface area contributed by atoms with E-state index in [9.17, 15) is 9.18 Å². The molecule has 2 N–H and O–H groups in total. The summed E-state index contributed by atoms with van der Waals surface area (Å²) in [5, 5.41) is 0. The number of piperidine rings is 1. The van der Waals surface area contributed by atoms with Crippen LogP contribution in [0.1, 0.15) is 28.8 Å². The van der Waals surface area contributed by atoms with Gasteiger partial charge in [-0.2, -0.15) is 0 Å². The Morgan fingerprint density at radius 3 is 2.50 bits per heavy atom. The fourth-order valence-corrected chi connectivity index (χ4v) is 2.78. The molecule has 0 saturated carbocycles. The fraction of sp³-hybridized carbons (Fsp3) is 0.316. The molecule has 0 aliphatic carbocycles. The summed E-state index contributed by atoms with van der Waals surface area (Å²) in [6.07, 6.45) is 1.65. The lowest BCUT2D eigenvalue weighted by Crippen LogP contribution is -2.42. The normalized spacial score (nSPS) is 15.3. The van der Waals surface area contributed by atoms with Crippen molar-refractivity contribution >= 4 is 5.91 Å². The van der Waals surface area contributed by atoms with Gasteiger partial charge in [0.25, 0.3) is 5.91 Å². The zero-order valence-corrected chi connectivity index (χ0v) is 13.5. The molecule has 0 bridgehead atoms. The van der Waals surface area contributed by atoms with E-state index in [2.05, 4.69) is 0 Å². The molecule has 1 saturated heterocycles. The number of para-hydroxylation sites is 1. The minimum absolute atomic E-state index is 0.0309. The summed E-state index contributed by atoms with van der Waals surface area (Å²) in [5.74, 6) is 0.232. The second-order valence-corrected chi connectivity index (χ2v) is 6.04. The molecule has 126 valence electrons. The SMILES string of the molecule is NC1CCN(C(=O)c2ccccc2OCc2ccc(F)cc2)CC1. The predicted octanol–water partition coefficient (Wildman–Crippen LogP) is 2.97. The van der Waals surface area contributed by atoms with Gasteiger partial charge in [-0.3, -0.25) is 4.79 Å². The zero-order chi connectivity index (χ0) is 16.9. The third kappa shape index (κ3) is 3.92. The van der Waals surface area contributed by atoms with Gasteiger partial charge in [-0.1, -0.05) is 24.3 Å². The van der Waals surface area contributed by atoms with Crippen LogP contribution in [0.5, 0.6) is 5.75 Å². The molecule has 1 heterocycles. The van der Waals surface area contributed by atoms with Crippen LogP contribution >= 0.6 is 0 Å². The van der Waals surface area contributed by atoms with Crippen LogP contribution in [0.2, 0.25) is 0 Å². The number of carbonyl (C=O) groups is 1. The molecule has 5 heteroatoms. The molecular formula is C19H21FN2O2. The highest BCUT2D eigenvalue weighted by Gasteiger charge is 2.23. The number of nitrogens with two attached hydrogens (primary N) is 1. The van der Waals surface area contributed by atoms with Crippen molar-refractivity contribution in [2.45, 2.75) is 25.5 Å². The minimum Gasteiger partial charge on any atom is -0.488 e. The molecule has 1 aliphatic rings. The van der Waals surface area contributed by atoms with Crippen molar-refractivity contribution in [2.75, 3.05) is 13.1 Å². The Kier molecular flexibility index (Phi) is 5.11. The Labute approximate surface area is 141 Å². The number of rotatable bonds is 4. The van der Waals surface area contributed by atoms with E-state index in [0.29, 0.717) is 24.4 Å². The average Bonchev–Trinajstić information content (AvgIpc) is 2.61. The third-order valence-electron chi connectivity index (χ3n) is 4.25. The van der Waals surface area contributed by atoms with Gasteiger partial charge in [-0.05, 0) is 42.7 Å². The monoisotopic (exact) mass is 328 g/mol. The van der Waals surface area contributed by atoms with Gasteiger partial charge in [0, 0.05) is 19.1 Å². The van der Waals surface area contributed by atoms with Gasteiger partial charge in [0.1, 0.15) is 18.2 Å². The molecular weight excluding hydrogens is 307 g/mol. The Balaban J connectivity index is 1.70. The number of halogens is 1. The van der Waals surface area contributed by atoms with Crippen LogP contribution < -0.4 is 10.5 Å². The van der Waals surface area contributed by atoms with Crippen LogP contribution in [0.3, 0.4) is 0 Å². The standard InChI is InChI=1S/C19H21FN2O2/c20-15-7-5-14(6-8-15)13-24-18-4-2-1-3-17(18)19(23)22-11-9-16(21)10-12-22/h1-8,16H,9-13,21H2. The van der Waals surface area contributed by atoms with E-state index < -0.39 is 0 Å². The summed E-state index contributed by atoms with van der Waals surface area (Å²) < 4.78 is 18.8. The molecule has 0 spiro atoms. The number of carbonyl (C=O) groups excluding carboxylic acids is 1. The van der Waals surface area contributed by atoms with Gasteiger partial charge in [0.15, 0.2) is 0 Å². The van der Waals surface area contributed by atoms with Gasteiger partial charge in [0.05, 0.1) is 5.56 Å². The maximum atomic E-state index is 13.0. The van der Waals surface area contributed by atoms with Crippen LogP contribution in [0, 0.1) is 5.82 Å². The highest BCUT2D eigenvalue weighted by Crippen LogP contribution is 2.23. The number of hydrogen-bond donors (Lipinski definition) is 1. The van der Waals surface area contributed by atoms with E-state index in [1.165, 1.54) is 12.1 Å². The van der Waals surface area contributed by atoms with Gasteiger partial charge in [-0.25, -0.2) is 4.39 Å². The topological polar surface area (TPSA) is 55.6 Å². The molecule has 1 aliphatic heterocycles. The summed E-state index contributed by atoms with van der Waals surface area (Å²) in [4.78, 5) is 14.6. The van der Waals surface area contributed by atoms with E-state index in [4.69, 9.17) is 10.5 Å². The lowest BCUT2D eigenvalue weighted by atomic mass is 10.0. The maximum Gasteiger partial charge on any atom is 0.257 e. The molecule has 4 nitrogen and oxygen atoms in total.